The molecule has 1 nitrogen and oxygen atoms in total. The molecule has 2 rings (SSSR count). The molecule has 0 saturated heterocycles. The molecule has 0 aliphatic heterocycles. The number of carbonyl (C=O) groups excluding carboxylic acids is 1. The Morgan fingerprint density at radius 3 is 2.61 bits per heavy atom. The van der Waals surface area contributed by atoms with Crippen LogP contribution in [0.1, 0.15) is 21.5 Å². The number of carbonyl (C=O) groups is 1. The first-order chi connectivity index (χ1) is 8.49. The molecule has 0 saturated carbocycles. The number of hydrogen-bond acceptors (Lipinski definition) is 1. The summed E-state index contributed by atoms with van der Waals surface area (Å²) >= 11 is 8.12. The van der Waals surface area contributed by atoms with E-state index in [-0.39, 0.29) is 5.78 Å². The van der Waals surface area contributed by atoms with Crippen molar-refractivity contribution in [3.8, 4) is 0 Å². The zero-order valence-corrected chi connectivity index (χ0v) is 12.4. The van der Waals surface area contributed by atoms with E-state index in [1.54, 1.807) is 25.1 Å². The first-order valence-corrected chi connectivity index (χ1v) is 6.70. The predicted molar refractivity (Wildman–Crippen MR) is 78.7 cm³/mol. The first kappa shape index (κ1) is 13.5. The van der Waals surface area contributed by atoms with Crippen LogP contribution in [0, 0.1) is 16.3 Å². The fourth-order valence-corrected chi connectivity index (χ4v) is 2.35. The molecule has 0 N–H and O–H groups in total. The van der Waals surface area contributed by atoms with Crippen LogP contribution in [0.15, 0.2) is 36.4 Å². The molecular weight excluding hydrogens is 366 g/mol. The summed E-state index contributed by atoms with van der Waals surface area (Å²) in [6, 6.07) is 9.36. The highest BCUT2D eigenvalue weighted by molar-refractivity contribution is 14.1. The van der Waals surface area contributed by atoms with E-state index in [0.29, 0.717) is 16.1 Å². The van der Waals surface area contributed by atoms with Crippen LogP contribution in [0.2, 0.25) is 5.02 Å². The van der Waals surface area contributed by atoms with Crippen LogP contribution in [-0.2, 0) is 0 Å². The number of ketones is 1. The lowest BCUT2D eigenvalue weighted by atomic mass is 9.99. The highest BCUT2D eigenvalue weighted by atomic mass is 127. The van der Waals surface area contributed by atoms with Gasteiger partial charge < -0.3 is 0 Å². The molecule has 0 bridgehead atoms. The summed E-state index contributed by atoms with van der Waals surface area (Å²) in [5, 5.41) is 0.379. The van der Waals surface area contributed by atoms with Crippen molar-refractivity contribution < 1.29 is 9.18 Å². The minimum atomic E-state index is -0.425. The van der Waals surface area contributed by atoms with Gasteiger partial charge in [0.1, 0.15) is 5.82 Å². The molecular formula is C14H9ClFIO. The monoisotopic (exact) mass is 374 g/mol. The normalized spacial score (nSPS) is 10.4. The van der Waals surface area contributed by atoms with E-state index >= 15 is 0 Å². The van der Waals surface area contributed by atoms with Gasteiger partial charge in [-0.15, -0.1) is 0 Å². The van der Waals surface area contributed by atoms with Gasteiger partial charge in [-0.05, 0) is 65.4 Å². The molecule has 0 heterocycles. The molecule has 18 heavy (non-hydrogen) atoms. The summed E-state index contributed by atoms with van der Waals surface area (Å²) in [7, 11) is 0. The van der Waals surface area contributed by atoms with Crippen LogP contribution in [-0.4, -0.2) is 5.78 Å². The molecule has 0 radical (unpaired) electrons. The largest absolute Gasteiger partial charge is 0.289 e. The zero-order chi connectivity index (χ0) is 13.3. The lowest BCUT2D eigenvalue weighted by Crippen LogP contribution is -2.05. The van der Waals surface area contributed by atoms with Crippen molar-refractivity contribution in [3.05, 3.63) is 67.5 Å². The van der Waals surface area contributed by atoms with Gasteiger partial charge in [0.05, 0.1) is 5.02 Å². The summed E-state index contributed by atoms with van der Waals surface area (Å²) in [5.41, 5.74) is 1.48. The molecule has 2 aromatic carbocycles. The Morgan fingerprint density at radius 1 is 1.17 bits per heavy atom. The summed E-state index contributed by atoms with van der Waals surface area (Å²) in [6.45, 7) is 1.77. The highest BCUT2D eigenvalue weighted by Crippen LogP contribution is 2.23. The molecule has 4 heteroatoms. The molecule has 0 unspecified atom stereocenters. The first-order valence-electron chi connectivity index (χ1n) is 5.25. The van der Waals surface area contributed by atoms with Crippen molar-refractivity contribution in [1.29, 1.82) is 0 Å². The van der Waals surface area contributed by atoms with E-state index in [2.05, 4.69) is 22.6 Å². The predicted octanol–water partition coefficient (Wildman–Crippen LogP) is 4.62. The lowest BCUT2D eigenvalue weighted by molar-refractivity contribution is 0.103. The Hall–Kier alpha value is -0.940. The summed E-state index contributed by atoms with van der Waals surface area (Å²) < 4.78 is 14.1. The van der Waals surface area contributed by atoms with E-state index in [1.807, 2.05) is 6.07 Å². The van der Waals surface area contributed by atoms with E-state index in [1.165, 1.54) is 12.1 Å². The average Bonchev–Trinajstić information content (AvgIpc) is 2.34. The quantitative estimate of drug-likeness (QED) is 0.554. The van der Waals surface area contributed by atoms with Crippen molar-refractivity contribution >= 4 is 40.0 Å². The topological polar surface area (TPSA) is 17.1 Å². The Morgan fingerprint density at radius 2 is 1.89 bits per heavy atom. The van der Waals surface area contributed by atoms with Crippen LogP contribution in [0.5, 0.6) is 0 Å². The van der Waals surface area contributed by atoms with Crippen LogP contribution in [0.3, 0.4) is 0 Å². The van der Waals surface area contributed by atoms with Gasteiger partial charge >= 0.3 is 0 Å². The molecule has 0 amide bonds. The minimum Gasteiger partial charge on any atom is -0.289 e. The van der Waals surface area contributed by atoms with Crippen molar-refractivity contribution in [2.75, 3.05) is 0 Å². The van der Waals surface area contributed by atoms with Gasteiger partial charge in [0.2, 0.25) is 0 Å². The van der Waals surface area contributed by atoms with Gasteiger partial charge in [-0.1, -0.05) is 17.7 Å². The number of rotatable bonds is 2. The van der Waals surface area contributed by atoms with Gasteiger partial charge in [-0.3, -0.25) is 4.79 Å². The third-order valence-electron chi connectivity index (χ3n) is 2.62. The van der Waals surface area contributed by atoms with E-state index in [0.717, 1.165) is 9.13 Å². The van der Waals surface area contributed by atoms with E-state index in [9.17, 15) is 9.18 Å². The van der Waals surface area contributed by atoms with Crippen molar-refractivity contribution in [2.45, 2.75) is 6.92 Å². The second-order valence-electron chi connectivity index (χ2n) is 3.91. The number of aryl methyl sites for hydroxylation is 1. The van der Waals surface area contributed by atoms with Crippen molar-refractivity contribution in [2.24, 2.45) is 0 Å². The van der Waals surface area contributed by atoms with E-state index < -0.39 is 5.82 Å². The lowest BCUT2D eigenvalue weighted by Gasteiger charge is -2.07. The van der Waals surface area contributed by atoms with E-state index in [4.69, 9.17) is 11.6 Å². The summed E-state index contributed by atoms with van der Waals surface area (Å²) in [4.78, 5) is 12.3. The Bertz CT molecular complexity index is 572. The highest BCUT2D eigenvalue weighted by Gasteiger charge is 2.16. The molecule has 0 aliphatic carbocycles. The Kier molecular flexibility index (Phi) is 4.02. The molecule has 0 atom stereocenters. The van der Waals surface area contributed by atoms with Gasteiger partial charge in [-0.25, -0.2) is 4.39 Å². The second-order valence-corrected chi connectivity index (χ2v) is 5.57. The standard InChI is InChI=1S/C14H9ClFIO/c1-8-2-3-9(16)6-11(8)14(18)12-7-10(17)4-5-13(12)15/h2-7H,1H3. The maximum atomic E-state index is 13.2. The van der Waals surface area contributed by atoms with Gasteiger partial charge in [0.15, 0.2) is 5.78 Å². The van der Waals surface area contributed by atoms with Crippen LogP contribution >= 0.6 is 34.2 Å². The van der Waals surface area contributed by atoms with Crippen LogP contribution in [0.25, 0.3) is 0 Å². The SMILES string of the molecule is Cc1ccc(F)cc1C(=O)c1cc(I)ccc1Cl. The molecule has 2 aromatic rings. The fourth-order valence-electron chi connectivity index (χ4n) is 1.66. The van der Waals surface area contributed by atoms with Crippen molar-refractivity contribution in [3.63, 3.8) is 0 Å². The van der Waals surface area contributed by atoms with Gasteiger partial charge in [-0.2, -0.15) is 0 Å². The number of hydrogen-bond donors (Lipinski definition) is 0. The molecule has 0 aliphatic rings. The third-order valence-corrected chi connectivity index (χ3v) is 3.62. The molecule has 0 fully saturated rings. The Labute approximate surface area is 123 Å². The van der Waals surface area contributed by atoms with Crippen LogP contribution < -0.4 is 0 Å². The summed E-state index contributed by atoms with van der Waals surface area (Å²) in [6.07, 6.45) is 0. The molecule has 0 spiro atoms. The second kappa shape index (κ2) is 5.36. The van der Waals surface area contributed by atoms with Gasteiger partial charge in [0.25, 0.3) is 0 Å². The smallest absolute Gasteiger partial charge is 0.194 e. The third kappa shape index (κ3) is 2.72. The number of benzene rings is 2. The number of halogens is 3. The van der Waals surface area contributed by atoms with Gasteiger partial charge in [0, 0.05) is 14.7 Å². The maximum Gasteiger partial charge on any atom is 0.194 e. The molecule has 0 aromatic heterocycles. The average molecular weight is 375 g/mol. The van der Waals surface area contributed by atoms with Crippen molar-refractivity contribution in [1.82, 2.24) is 0 Å². The fraction of sp³-hybridized carbons (Fsp3) is 0.0714. The molecule has 92 valence electrons. The Balaban J connectivity index is 2.54. The summed E-state index contributed by atoms with van der Waals surface area (Å²) in [5.74, 6) is -0.679. The van der Waals surface area contributed by atoms with Crippen LogP contribution in [0.4, 0.5) is 4.39 Å². The maximum absolute atomic E-state index is 13.2. The minimum absolute atomic E-state index is 0.254. The zero-order valence-electron chi connectivity index (χ0n) is 9.51.